The van der Waals surface area contributed by atoms with Crippen molar-refractivity contribution < 1.29 is 0 Å². The maximum atomic E-state index is 11.5. The molecule has 0 bridgehead atoms. The molecule has 0 unspecified atom stereocenters. The summed E-state index contributed by atoms with van der Waals surface area (Å²) in [6.07, 6.45) is 0.789. The molecule has 1 N–H and O–H groups in total. The number of halogens is 1. The predicted octanol–water partition coefficient (Wildman–Crippen LogP) is 2.20. The number of H-pyrrole nitrogens is 1. The number of hydrogen-bond donors (Lipinski definition) is 1. The summed E-state index contributed by atoms with van der Waals surface area (Å²) >= 11 is 3.47. The Morgan fingerprint density at radius 2 is 2.17 bits per heavy atom. The first-order chi connectivity index (χ1) is 8.61. The van der Waals surface area contributed by atoms with Crippen molar-refractivity contribution in [2.24, 2.45) is 0 Å². The molecule has 92 valence electrons. The Hall–Kier alpha value is -1.69. The molecule has 3 aromatic heterocycles. The molecule has 6 heteroatoms. The van der Waals surface area contributed by atoms with Crippen LogP contribution in [0.15, 0.2) is 21.5 Å². The minimum absolute atomic E-state index is 0.138. The van der Waals surface area contributed by atoms with Gasteiger partial charge < -0.3 is 4.98 Å². The Labute approximate surface area is 111 Å². The number of aromatic amines is 1. The average molecular weight is 307 g/mol. The van der Waals surface area contributed by atoms with E-state index in [1.54, 1.807) is 6.07 Å². The minimum Gasteiger partial charge on any atom is -0.306 e. The standard InChI is InChI=1S/C12H11BrN4O/c1-3-8-14-6(2)10-11(13)15-7-4-5-9(18)16-12(7)17(8)10/h4-5H,3H2,1-2H3,(H,16,18). The van der Waals surface area contributed by atoms with E-state index in [1.165, 1.54) is 6.07 Å². The molecule has 0 radical (unpaired) electrons. The molecule has 0 amide bonds. The van der Waals surface area contributed by atoms with Gasteiger partial charge in [0.05, 0.1) is 5.69 Å². The van der Waals surface area contributed by atoms with Crippen LogP contribution in [0.1, 0.15) is 18.4 Å². The Balaban J connectivity index is 2.65. The maximum Gasteiger partial charge on any atom is 0.249 e. The zero-order valence-corrected chi connectivity index (χ0v) is 11.6. The van der Waals surface area contributed by atoms with E-state index in [0.717, 1.165) is 33.6 Å². The summed E-state index contributed by atoms with van der Waals surface area (Å²) < 4.78 is 2.70. The summed E-state index contributed by atoms with van der Waals surface area (Å²) in [7, 11) is 0. The number of aryl methyl sites for hydroxylation is 2. The Kier molecular flexibility index (Phi) is 2.48. The molecule has 5 nitrogen and oxygen atoms in total. The highest BCUT2D eigenvalue weighted by molar-refractivity contribution is 9.10. The van der Waals surface area contributed by atoms with Crippen molar-refractivity contribution >= 4 is 32.6 Å². The Morgan fingerprint density at radius 1 is 1.39 bits per heavy atom. The highest BCUT2D eigenvalue weighted by atomic mass is 79.9. The van der Waals surface area contributed by atoms with Gasteiger partial charge >= 0.3 is 0 Å². The predicted molar refractivity (Wildman–Crippen MR) is 72.9 cm³/mol. The van der Waals surface area contributed by atoms with Gasteiger partial charge in [-0.25, -0.2) is 9.97 Å². The van der Waals surface area contributed by atoms with Crippen molar-refractivity contribution in [3.8, 4) is 0 Å². The van der Waals surface area contributed by atoms with Gasteiger partial charge in [0.25, 0.3) is 0 Å². The lowest BCUT2D eigenvalue weighted by molar-refractivity contribution is 0.933. The van der Waals surface area contributed by atoms with Gasteiger partial charge in [0.1, 0.15) is 27.1 Å². The van der Waals surface area contributed by atoms with Crippen LogP contribution in [0.2, 0.25) is 0 Å². The summed E-state index contributed by atoms with van der Waals surface area (Å²) in [5.74, 6) is 0.914. The van der Waals surface area contributed by atoms with E-state index < -0.39 is 0 Å². The van der Waals surface area contributed by atoms with Crippen LogP contribution < -0.4 is 5.56 Å². The van der Waals surface area contributed by atoms with Crippen LogP contribution >= 0.6 is 15.9 Å². The number of fused-ring (bicyclic) bond motifs is 3. The molecule has 3 aromatic rings. The summed E-state index contributed by atoms with van der Waals surface area (Å²) in [5, 5.41) is 0. The fourth-order valence-corrected chi connectivity index (χ4v) is 2.84. The van der Waals surface area contributed by atoms with Gasteiger partial charge in [-0.15, -0.1) is 0 Å². The van der Waals surface area contributed by atoms with Crippen LogP contribution in [0, 0.1) is 6.92 Å². The lowest BCUT2D eigenvalue weighted by atomic mass is 10.3. The summed E-state index contributed by atoms with van der Waals surface area (Å²) in [6, 6.07) is 3.19. The first kappa shape index (κ1) is 11.4. The zero-order chi connectivity index (χ0) is 12.9. The second-order valence-corrected chi connectivity index (χ2v) is 4.86. The van der Waals surface area contributed by atoms with Crippen LogP contribution in [-0.4, -0.2) is 19.4 Å². The van der Waals surface area contributed by atoms with Crippen LogP contribution in [0.3, 0.4) is 0 Å². The average Bonchev–Trinajstić information content (AvgIpc) is 2.68. The van der Waals surface area contributed by atoms with Crippen molar-refractivity contribution in [1.29, 1.82) is 0 Å². The molecule has 18 heavy (non-hydrogen) atoms. The number of rotatable bonds is 1. The third-order valence-electron chi connectivity index (χ3n) is 2.95. The molecule has 0 aliphatic rings. The van der Waals surface area contributed by atoms with E-state index in [9.17, 15) is 4.79 Å². The van der Waals surface area contributed by atoms with Gasteiger partial charge in [0.15, 0.2) is 0 Å². The number of hydrogen-bond acceptors (Lipinski definition) is 3. The molecule has 0 aliphatic heterocycles. The van der Waals surface area contributed by atoms with Crippen LogP contribution in [0.4, 0.5) is 0 Å². The van der Waals surface area contributed by atoms with Crippen LogP contribution in [0.5, 0.6) is 0 Å². The van der Waals surface area contributed by atoms with E-state index in [2.05, 4.69) is 30.9 Å². The molecule has 0 aliphatic carbocycles. The van der Waals surface area contributed by atoms with Crippen molar-refractivity contribution in [3.05, 3.63) is 38.6 Å². The summed E-state index contributed by atoms with van der Waals surface area (Å²) in [6.45, 7) is 3.98. The number of aromatic nitrogens is 4. The van der Waals surface area contributed by atoms with E-state index in [0.29, 0.717) is 5.65 Å². The SMILES string of the molecule is CCc1nc(C)c2c(Br)nc3ccc(=O)[nH]c3n12. The highest BCUT2D eigenvalue weighted by Crippen LogP contribution is 2.24. The topological polar surface area (TPSA) is 63.0 Å². The lowest BCUT2D eigenvalue weighted by Crippen LogP contribution is -2.08. The fraction of sp³-hybridized carbons (Fsp3) is 0.250. The maximum absolute atomic E-state index is 11.5. The minimum atomic E-state index is -0.138. The van der Waals surface area contributed by atoms with Crippen molar-refractivity contribution in [1.82, 2.24) is 19.4 Å². The Bertz CT molecular complexity index is 818. The molecule has 3 rings (SSSR count). The third kappa shape index (κ3) is 1.49. The number of imidazole rings is 1. The van der Waals surface area contributed by atoms with E-state index in [4.69, 9.17) is 0 Å². The molecule has 0 saturated heterocycles. The molecular weight excluding hydrogens is 296 g/mol. The van der Waals surface area contributed by atoms with Gasteiger partial charge in [-0.05, 0) is 28.9 Å². The third-order valence-corrected chi connectivity index (χ3v) is 3.50. The largest absolute Gasteiger partial charge is 0.306 e. The monoisotopic (exact) mass is 306 g/mol. The van der Waals surface area contributed by atoms with Crippen LogP contribution in [0.25, 0.3) is 16.7 Å². The molecule has 0 spiro atoms. The second kappa shape index (κ2) is 3.91. The molecular formula is C12H11BrN4O. The molecule has 0 aromatic carbocycles. The molecule has 0 saturated carbocycles. The smallest absolute Gasteiger partial charge is 0.249 e. The molecule has 0 fully saturated rings. The summed E-state index contributed by atoms with van der Waals surface area (Å²) in [5.41, 5.74) is 3.10. The first-order valence-electron chi connectivity index (χ1n) is 5.68. The quantitative estimate of drug-likeness (QED) is 0.749. The molecule has 3 heterocycles. The van der Waals surface area contributed by atoms with E-state index >= 15 is 0 Å². The van der Waals surface area contributed by atoms with E-state index in [1.807, 2.05) is 18.2 Å². The van der Waals surface area contributed by atoms with Gasteiger partial charge in [-0.2, -0.15) is 0 Å². The normalized spacial score (nSPS) is 11.5. The van der Waals surface area contributed by atoms with Gasteiger partial charge in [0, 0.05) is 12.5 Å². The van der Waals surface area contributed by atoms with Crippen molar-refractivity contribution in [2.75, 3.05) is 0 Å². The number of nitrogens with one attached hydrogen (secondary N) is 1. The second-order valence-electron chi connectivity index (χ2n) is 4.11. The number of pyridine rings is 1. The highest BCUT2D eigenvalue weighted by Gasteiger charge is 2.14. The molecule has 0 atom stereocenters. The van der Waals surface area contributed by atoms with Crippen LogP contribution in [-0.2, 0) is 6.42 Å². The zero-order valence-electron chi connectivity index (χ0n) is 9.99. The van der Waals surface area contributed by atoms with Gasteiger partial charge in [-0.1, -0.05) is 6.92 Å². The van der Waals surface area contributed by atoms with E-state index in [-0.39, 0.29) is 5.56 Å². The summed E-state index contributed by atoms with van der Waals surface area (Å²) in [4.78, 5) is 23.3. The lowest BCUT2D eigenvalue weighted by Gasteiger charge is -2.05. The van der Waals surface area contributed by atoms with Crippen molar-refractivity contribution in [2.45, 2.75) is 20.3 Å². The number of nitrogens with zero attached hydrogens (tertiary/aromatic N) is 3. The van der Waals surface area contributed by atoms with Gasteiger partial charge in [-0.3, -0.25) is 9.20 Å². The first-order valence-corrected chi connectivity index (χ1v) is 6.47. The fourth-order valence-electron chi connectivity index (χ4n) is 2.18. The Morgan fingerprint density at radius 3 is 2.89 bits per heavy atom. The van der Waals surface area contributed by atoms with Crippen molar-refractivity contribution in [3.63, 3.8) is 0 Å². The van der Waals surface area contributed by atoms with Gasteiger partial charge in [0.2, 0.25) is 5.56 Å².